The van der Waals surface area contributed by atoms with Crippen molar-refractivity contribution in [3.05, 3.63) is 12.2 Å². The first-order valence-corrected chi connectivity index (χ1v) is 6.50. The van der Waals surface area contributed by atoms with Crippen LogP contribution in [0.1, 0.15) is 27.7 Å². The Bertz CT molecular complexity index is 394. The van der Waals surface area contributed by atoms with E-state index in [2.05, 4.69) is 46.1 Å². The van der Waals surface area contributed by atoms with E-state index in [4.69, 9.17) is 14.2 Å². The van der Waals surface area contributed by atoms with Crippen LogP contribution >= 0.6 is 0 Å². The van der Waals surface area contributed by atoms with Crippen molar-refractivity contribution in [2.45, 2.75) is 45.0 Å². The van der Waals surface area contributed by atoms with Gasteiger partial charge in [0, 0.05) is 5.57 Å². The molecule has 2 unspecified atom stereocenters. The molecule has 0 aromatic heterocycles. The van der Waals surface area contributed by atoms with Gasteiger partial charge in [-0.2, -0.15) is 0 Å². The first-order valence-electron chi connectivity index (χ1n) is 6.50. The summed E-state index contributed by atoms with van der Waals surface area (Å²) in [6.45, 7) is 14.2. The van der Waals surface area contributed by atoms with E-state index >= 15 is 0 Å². The van der Waals surface area contributed by atoms with Crippen LogP contribution in [0.5, 0.6) is 0 Å². The molecule has 0 aliphatic carbocycles. The zero-order valence-electron chi connectivity index (χ0n) is 11.7. The average molecular weight is 250 g/mol. The van der Waals surface area contributed by atoms with E-state index in [1.807, 2.05) is 0 Å². The van der Waals surface area contributed by atoms with Gasteiger partial charge >= 0.3 is 0 Å². The fourth-order valence-corrected chi connectivity index (χ4v) is 2.45. The number of hydrogen-bond donors (Lipinski definition) is 0. The lowest BCUT2D eigenvalue weighted by Crippen LogP contribution is -2.30. The second kappa shape index (κ2) is 4.70. The molecule has 3 nitrogen and oxygen atoms in total. The van der Waals surface area contributed by atoms with Crippen molar-refractivity contribution in [3.63, 3.8) is 0 Å². The molecule has 18 heavy (non-hydrogen) atoms. The highest BCUT2D eigenvalue weighted by molar-refractivity contribution is 5.39. The Balaban J connectivity index is 2.05. The van der Waals surface area contributed by atoms with E-state index in [-0.39, 0.29) is 17.3 Å². The largest absolute Gasteiger partial charge is 0.376 e. The lowest BCUT2D eigenvalue weighted by molar-refractivity contribution is -0.0703. The van der Waals surface area contributed by atoms with E-state index in [0.29, 0.717) is 25.7 Å². The van der Waals surface area contributed by atoms with Gasteiger partial charge in [-0.05, 0) is 19.8 Å². The van der Waals surface area contributed by atoms with Gasteiger partial charge in [-0.25, -0.2) is 0 Å². The Labute approximate surface area is 109 Å². The van der Waals surface area contributed by atoms with Gasteiger partial charge in [-0.1, -0.05) is 32.3 Å². The molecule has 2 saturated heterocycles. The molecule has 2 atom stereocenters. The summed E-state index contributed by atoms with van der Waals surface area (Å²) in [4.78, 5) is 0. The lowest BCUT2D eigenvalue weighted by Gasteiger charge is -2.22. The Hall–Kier alpha value is -0.820. The van der Waals surface area contributed by atoms with Crippen molar-refractivity contribution in [2.24, 2.45) is 5.92 Å². The van der Waals surface area contributed by atoms with E-state index in [0.717, 1.165) is 5.57 Å². The van der Waals surface area contributed by atoms with Gasteiger partial charge in [0.2, 0.25) is 0 Å². The summed E-state index contributed by atoms with van der Waals surface area (Å²) in [7, 11) is 0. The van der Waals surface area contributed by atoms with Crippen LogP contribution in [-0.4, -0.2) is 37.1 Å². The van der Waals surface area contributed by atoms with E-state index in [1.54, 1.807) is 0 Å². The van der Waals surface area contributed by atoms with Crippen molar-refractivity contribution in [3.8, 4) is 11.8 Å². The van der Waals surface area contributed by atoms with Crippen molar-refractivity contribution in [1.29, 1.82) is 0 Å². The monoisotopic (exact) mass is 250 g/mol. The molecule has 0 saturated carbocycles. The third-order valence-electron chi connectivity index (χ3n) is 3.70. The normalized spacial score (nSPS) is 33.7. The Kier molecular flexibility index (Phi) is 3.55. The van der Waals surface area contributed by atoms with Crippen LogP contribution in [0.15, 0.2) is 12.2 Å². The fraction of sp³-hybridized carbons (Fsp3) is 0.733. The van der Waals surface area contributed by atoms with Crippen LogP contribution in [0.2, 0.25) is 0 Å². The number of hydrogen-bond acceptors (Lipinski definition) is 3. The molecule has 100 valence electrons. The van der Waals surface area contributed by atoms with E-state index in [1.165, 1.54) is 0 Å². The summed E-state index contributed by atoms with van der Waals surface area (Å²) >= 11 is 0. The molecule has 2 heterocycles. The molecule has 0 bridgehead atoms. The number of epoxide rings is 1. The summed E-state index contributed by atoms with van der Waals surface area (Å²) in [6.07, 6.45) is -0.0997. The summed E-state index contributed by atoms with van der Waals surface area (Å²) in [5.74, 6) is 6.72. The molecule has 2 rings (SSSR count). The molecule has 0 spiro atoms. The number of ether oxygens (including phenoxy) is 3. The van der Waals surface area contributed by atoms with Crippen LogP contribution < -0.4 is 0 Å². The lowest BCUT2D eigenvalue weighted by atomic mass is 9.86. The smallest absolute Gasteiger partial charge is 0.160 e. The Morgan fingerprint density at radius 2 is 2.00 bits per heavy atom. The Morgan fingerprint density at radius 3 is 2.44 bits per heavy atom. The molecule has 0 radical (unpaired) electrons. The highest BCUT2D eigenvalue weighted by atomic mass is 16.6. The maximum Gasteiger partial charge on any atom is 0.160 e. The number of rotatable bonds is 2. The molecule has 0 aromatic carbocycles. The molecule has 2 aliphatic rings. The summed E-state index contributed by atoms with van der Waals surface area (Å²) in [5, 5.41) is 0. The molecule has 2 fully saturated rings. The second-order valence-electron chi connectivity index (χ2n) is 5.71. The van der Waals surface area contributed by atoms with Crippen molar-refractivity contribution < 1.29 is 14.2 Å². The van der Waals surface area contributed by atoms with Crippen molar-refractivity contribution in [1.82, 2.24) is 0 Å². The zero-order valence-corrected chi connectivity index (χ0v) is 11.7. The van der Waals surface area contributed by atoms with Gasteiger partial charge in [0.1, 0.15) is 11.7 Å². The predicted octanol–water partition coefficient (Wildman–Crippen LogP) is 2.17. The maximum atomic E-state index is 5.80. The minimum Gasteiger partial charge on any atom is -0.376 e. The van der Waals surface area contributed by atoms with Gasteiger partial charge in [-0.15, -0.1) is 0 Å². The SMILES string of the molecule is C=C(C#CC1(C(C)C)OC1(C)C)C1COCCO1. The van der Waals surface area contributed by atoms with E-state index in [9.17, 15) is 0 Å². The van der Waals surface area contributed by atoms with Crippen molar-refractivity contribution >= 4 is 0 Å². The van der Waals surface area contributed by atoms with Gasteiger partial charge in [0.25, 0.3) is 0 Å². The summed E-state index contributed by atoms with van der Waals surface area (Å²) in [6, 6.07) is 0. The summed E-state index contributed by atoms with van der Waals surface area (Å²) in [5.41, 5.74) is 0.269. The minimum atomic E-state index is -0.342. The Morgan fingerprint density at radius 1 is 1.33 bits per heavy atom. The van der Waals surface area contributed by atoms with Crippen LogP contribution in [0.25, 0.3) is 0 Å². The van der Waals surface area contributed by atoms with Gasteiger partial charge in [0.15, 0.2) is 5.60 Å². The van der Waals surface area contributed by atoms with Crippen LogP contribution in [0.3, 0.4) is 0 Å². The van der Waals surface area contributed by atoms with Gasteiger partial charge in [-0.3, -0.25) is 0 Å². The topological polar surface area (TPSA) is 31.0 Å². The average Bonchev–Trinajstić information content (AvgIpc) is 2.91. The molecule has 0 amide bonds. The van der Waals surface area contributed by atoms with E-state index < -0.39 is 0 Å². The first-order chi connectivity index (χ1) is 8.39. The standard InChI is InChI=1S/C15H22O3/c1-11(2)15(14(4,5)18-15)7-6-12(3)13-10-16-8-9-17-13/h11,13H,3,8-10H2,1-2,4-5H3. The predicted molar refractivity (Wildman–Crippen MR) is 70.2 cm³/mol. The quantitative estimate of drug-likeness (QED) is 0.556. The highest BCUT2D eigenvalue weighted by Gasteiger charge is 2.64. The van der Waals surface area contributed by atoms with Crippen LogP contribution in [0, 0.1) is 17.8 Å². The van der Waals surface area contributed by atoms with Gasteiger partial charge < -0.3 is 14.2 Å². The van der Waals surface area contributed by atoms with Gasteiger partial charge in [0.05, 0.1) is 19.8 Å². The third kappa shape index (κ3) is 2.33. The fourth-order valence-electron chi connectivity index (χ4n) is 2.45. The maximum absolute atomic E-state index is 5.80. The molecular formula is C15H22O3. The second-order valence-corrected chi connectivity index (χ2v) is 5.71. The molecular weight excluding hydrogens is 228 g/mol. The van der Waals surface area contributed by atoms with Crippen molar-refractivity contribution in [2.75, 3.05) is 19.8 Å². The zero-order chi connectivity index (χ0) is 13.4. The minimum absolute atomic E-state index is 0.0997. The van der Waals surface area contributed by atoms with Crippen LogP contribution in [0.4, 0.5) is 0 Å². The molecule has 3 heteroatoms. The third-order valence-corrected chi connectivity index (χ3v) is 3.70. The summed E-state index contributed by atoms with van der Waals surface area (Å²) < 4.78 is 16.7. The molecule has 0 aromatic rings. The molecule has 2 aliphatic heterocycles. The first kappa shape index (κ1) is 13.6. The molecule has 0 N–H and O–H groups in total. The van der Waals surface area contributed by atoms with Crippen LogP contribution in [-0.2, 0) is 14.2 Å². The highest BCUT2D eigenvalue weighted by Crippen LogP contribution is 2.52.